The van der Waals surface area contributed by atoms with Crippen LogP contribution >= 0.6 is 11.6 Å². The molecule has 134 valence electrons. The molecular weight excluding hydrogens is 336 g/mol. The lowest BCUT2D eigenvalue weighted by molar-refractivity contribution is 0.384. The maximum atomic E-state index is 5.99. The SMILES string of the molecule is C=CC(CC)c1ccc(C#C[C@H]2CC[C@H](c3ccc(Cl)cc3)CC2)cc1. The van der Waals surface area contributed by atoms with Crippen molar-refractivity contribution >= 4 is 11.6 Å². The van der Waals surface area contributed by atoms with E-state index >= 15 is 0 Å². The highest BCUT2D eigenvalue weighted by atomic mass is 35.5. The molecule has 0 spiro atoms. The standard InChI is InChI=1S/C25H27Cl/c1-3-21(4-2)22-11-7-19(8-12-22)5-6-20-9-13-23(14-10-20)24-15-17-25(26)18-16-24/h3,7-8,11-12,15-18,20-21,23H,1,4,9-10,13-14H2,2H3/t20-,21?,23-. The maximum Gasteiger partial charge on any atom is 0.0406 e. The average molecular weight is 363 g/mol. The van der Waals surface area contributed by atoms with Gasteiger partial charge in [0.15, 0.2) is 0 Å². The summed E-state index contributed by atoms with van der Waals surface area (Å²) < 4.78 is 0. The van der Waals surface area contributed by atoms with Crippen LogP contribution in [0.15, 0.2) is 61.2 Å². The normalized spacial score (nSPS) is 20.7. The first-order valence-electron chi connectivity index (χ1n) is 9.69. The van der Waals surface area contributed by atoms with Gasteiger partial charge >= 0.3 is 0 Å². The van der Waals surface area contributed by atoms with Crippen LogP contribution in [0.25, 0.3) is 0 Å². The van der Waals surface area contributed by atoms with Crippen LogP contribution in [-0.4, -0.2) is 0 Å². The number of rotatable bonds is 4. The molecule has 2 aromatic carbocycles. The van der Waals surface area contributed by atoms with Gasteiger partial charge in [-0.1, -0.05) is 60.7 Å². The largest absolute Gasteiger partial charge is 0.102 e. The van der Waals surface area contributed by atoms with Crippen molar-refractivity contribution in [3.05, 3.63) is 82.9 Å². The van der Waals surface area contributed by atoms with Crippen molar-refractivity contribution in [3.8, 4) is 11.8 Å². The summed E-state index contributed by atoms with van der Waals surface area (Å²) in [4.78, 5) is 0. The van der Waals surface area contributed by atoms with Gasteiger partial charge < -0.3 is 0 Å². The Morgan fingerprint density at radius 3 is 2.27 bits per heavy atom. The van der Waals surface area contributed by atoms with E-state index in [1.54, 1.807) is 0 Å². The van der Waals surface area contributed by atoms with E-state index in [4.69, 9.17) is 11.6 Å². The van der Waals surface area contributed by atoms with E-state index in [0.29, 0.717) is 17.8 Å². The number of hydrogen-bond donors (Lipinski definition) is 0. The van der Waals surface area contributed by atoms with E-state index in [0.717, 1.165) is 17.0 Å². The minimum Gasteiger partial charge on any atom is -0.102 e. The first-order valence-corrected chi connectivity index (χ1v) is 10.1. The summed E-state index contributed by atoms with van der Waals surface area (Å²) in [5, 5.41) is 0.817. The second-order valence-corrected chi connectivity index (χ2v) is 7.68. The van der Waals surface area contributed by atoms with E-state index in [2.05, 4.69) is 61.7 Å². The van der Waals surface area contributed by atoms with E-state index in [1.165, 1.54) is 36.8 Å². The molecule has 1 fully saturated rings. The zero-order valence-electron chi connectivity index (χ0n) is 15.5. The summed E-state index contributed by atoms with van der Waals surface area (Å²) >= 11 is 5.99. The highest BCUT2D eigenvalue weighted by Gasteiger charge is 2.21. The molecule has 3 rings (SSSR count). The summed E-state index contributed by atoms with van der Waals surface area (Å²) in [6.45, 7) is 6.12. The van der Waals surface area contributed by atoms with Gasteiger partial charge in [0.2, 0.25) is 0 Å². The molecule has 1 unspecified atom stereocenters. The Morgan fingerprint density at radius 2 is 1.69 bits per heavy atom. The lowest BCUT2D eigenvalue weighted by Crippen LogP contribution is -2.12. The number of hydrogen-bond acceptors (Lipinski definition) is 0. The van der Waals surface area contributed by atoms with Crippen molar-refractivity contribution < 1.29 is 0 Å². The molecular formula is C25H27Cl. The molecule has 1 saturated carbocycles. The first kappa shape index (κ1) is 18.8. The van der Waals surface area contributed by atoms with Crippen LogP contribution < -0.4 is 0 Å². The lowest BCUT2D eigenvalue weighted by atomic mass is 9.79. The van der Waals surface area contributed by atoms with Crippen molar-refractivity contribution in [1.29, 1.82) is 0 Å². The Morgan fingerprint density at radius 1 is 1.04 bits per heavy atom. The Balaban J connectivity index is 1.56. The maximum absolute atomic E-state index is 5.99. The second kappa shape index (κ2) is 9.11. The lowest BCUT2D eigenvalue weighted by Gasteiger charge is -2.26. The molecule has 1 heteroatoms. The molecule has 0 aliphatic heterocycles. The van der Waals surface area contributed by atoms with Crippen molar-refractivity contribution in [1.82, 2.24) is 0 Å². The summed E-state index contributed by atoms with van der Waals surface area (Å²) in [5.41, 5.74) is 3.87. The number of benzene rings is 2. The molecule has 1 aliphatic rings. The Labute approximate surface area is 163 Å². The molecule has 1 atom stereocenters. The van der Waals surface area contributed by atoms with Crippen molar-refractivity contribution in [2.45, 2.75) is 50.9 Å². The van der Waals surface area contributed by atoms with E-state index in [-0.39, 0.29) is 0 Å². The third-order valence-corrected chi connectivity index (χ3v) is 5.80. The summed E-state index contributed by atoms with van der Waals surface area (Å²) in [7, 11) is 0. The highest BCUT2D eigenvalue weighted by molar-refractivity contribution is 6.30. The molecule has 0 nitrogen and oxygen atoms in total. The van der Waals surface area contributed by atoms with Gasteiger partial charge in [-0.05, 0) is 73.4 Å². The van der Waals surface area contributed by atoms with Gasteiger partial charge in [0.05, 0.1) is 0 Å². The van der Waals surface area contributed by atoms with Crippen LogP contribution in [0.3, 0.4) is 0 Å². The monoisotopic (exact) mass is 362 g/mol. The molecule has 1 aliphatic carbocycles. The van der Waals surface area contributed by atoms with Crippen molar-refractivity contribution in [3.63, 3.8) is 0 Å². The molecule has 0 aromatic heterocycles. The summed E-state index contributed by atoms with van der Waals surface area (Å²) in [6.07, 6.45) is 7.93. The Bertz CT molecular complexity index is 766. The first-order chi connectivity index (χ1) is 12.7. The van der Waals surface area contributed by atoms with Crippen LogP contribution in [0.5, 0.6) is 0 Å². The van der Waals surface area contributed by atoms with Gasteiger partial charge in [0, 0.05) is 22.4 Å². The molecule has 2 aromatic rings. The highest BCUT2D eigenvalue weighted by Crippen LogP contribution is 2.35. The van der Waals surface area contributed by atoms with Gasteiger partial charge in [-0.25, -0.2) is 0 Å². The fourth-order valence-electron chi connectivity index (χ4n) is 3.84. The predicted molar refractivity (Wildman–Crippen MR) is 113 cm³/mol. The zero-order chi connectivity index (χ0) is 18.4. The van der Waals surface area contributed by atoms with Gasteiger partial charge in [-0.2, -0.15) is 0 Å². The zero-order valence-corrected chi connectivity index (χ0v) is 16.3. The third-order valence-electron chi connectivity index (χ3n) is 5.55. The van der Waals surface area contributed by atoms with E-state index < -0.39 is 0 Å². The molecule has 0 radical (unpaired) electrons. The fourth-order valence-corrected chi connectivity index (χ4v) is 3.97. The Kier molecular flexibility index (Phi) is 6.59. The average Bonchev–Trinajstić information content (AvgIpc) is 2.69. The van der Waals surface area contributed by atoms with Gasteiger partial charge in [-0.3, -0.25) is 0 Å². The minimum absolute atomic E-state index is 0.445. The second-order valence-electron chi connectivity index (χ2n) is 7.24. The van der Waals surface area contributed by atoms with Crippen LogP contribution in [0, 0.1) is 17.8 Å². The topological polar surface area (TPSA) is 0 Å². The molecule has 0 bridgehead atoms. The van der Waals surface area contributed by atoms with Crippen LogP contribution in [0.4, 0.5) is 0 Å². The molecule has 0 N–H and O–H groups in total. The number of halogens is 1. The van der Waals surface area contributed by atoms with E-state index in [9.17, 15) is 0 Å². The molecule has 0 amide bonds. The van der Waals surface area contributed by atoms with Gasteiger partial charge in [-0.15, -0.1) is 6.58 Å². The molecule has 26 heavy (non-hydrogen) atoms. The number of allylic oxidation sites excluding steroid dienone is 1. The fraction of sp³-hybridized carbons (Fsp3) is 0.360. The Hall–Kier alpha value is -1.97. The predicted octanol–water partition coefficient (Wildman–Crippen LogP) is 7.35. The van der Waals surface area contributed by atoms with Crippen LogP contribution in [0.1, 0.15) is 67.6 Å². The van der Waals surface area contributed by atoms with Gasteiger partial charge in [0.25, 0.3) is 0 Å². The summed E-state index contributed by atoms with van der Waals surface area (Å²) in [5.74, 6) is 8.52. The third kappa shape index (κ3) is 4.80. The summed E-state index contributed by atoms with van der Waals surface area (Å²) in [6, 6.07) is 17.0. The molecule has 0 heterocycles. The van der Waals surface area contributed by atoms with Crippen molar-refractivity contribution in [2.75, 3.05) is 0 Å². The molecule has 0 saturated heterocycles. The van der Waals surface area contributed by atoms with E-state index in [1.807, 2.05) is 18.2 Å². The quantitative estimate of drug-likeness (QED) is 0.394. The van der Waals surface area contributed by atoms with Gasteiger partial charge in [0.1, 0.15) is 0 Å². The van der Waals surface area contributed by atoms with Crippen LogP contribution in [-0.2, 0) is 0 Å². The smallest absolute Gasteiger partial charge is 0.0406 e. The minimum atomic E-state index is 0.445. The van der Waals surface area contributed by atoms with Crippen molar-refractivity contribution in [2.24, 2.45) is 5.92 Å². The van der Waals surface area contributed by atoms with Crippen LogP contribution in [0.2, 0.25) is 5.02 Å².